The summed E-state index contributed by atoms with van der Waals surface area (Å²) in [6.45, 7) is 1.23. The zero-order valence-electron chi connectivity index (χ0n) is 18.4. The molecule has 1 saturated carbocycles. The molecule has 2 aromatic carbocycles. The Morgan fingerprint density at radius 1 is 1.11 bits per heavy atom. The van der Waals surface area contributed by atoms with Crippen LogP contribution in [0.3, 0.4) is 0 Å². The second-order valence-electron chi connectivity index (χ2n) is 8.33. The SMILES string of the molecule is CC#CC(O)(CC1(c2cc(C(F)(F)F)ccc2F)CC1)C(=O)Nc1ccc([N+](=O)[O-])c(C(F)(F)F)c1. The van der Waals surface area contributed by atoms with Crippen molar-refractivity contribution in [1.82, 2.24) is 0 Å². The van der Waals surface area contributed by atoms with Crippen molar-refractivity contribution >= 4 is 17.3 Å². The number of nitro benzene ring substituents is 1. The fraction of sp³-hybridized carbons (Fsp3) is 0.348. The predicted molar refractivity (Wildman–Crippen MR) is 112 cm³/mol. The van der Waals surface area contributed by atoms with E-state index in [1.54, 1.807) is 0 Å². The van der Waals surface area contributed by atoms with Gasteiger partial charge < -0.3 is 10.4 Å². The second-order valence-corrected chi connectivity index (χ2v) is 8.33. The predicted octanol–water partition coefficient (Wildman–Crippen LogP) is 5.59. The number of nitrogens with zero attached hydrogens (tertiary/aromatic N) is 1. The lowest BCUT2D eigenvalue weighted by Gasteiger charge is -2.28. The van der Waals surface area contributed by atoms with Crippen molar-refractivity contribution in [2.45, 2.75) is 49.6 Å². The van der Waals surface area contributed by atoms with Gasteiger partial charge in [0.2, 0.25) is 5.60 Å². The van der Waals surface area contributed by atoms with Crippen LogP contribution < -0.4 is 5.32 Å². The standard InChI is InChI=1S/C23H17F7N2O4/c1-2-7-21(34,12-20(8-9-20)15-10-13(22(25,26)27)3-5-17(15)24)19(33)31-14-4-6-18(32(35)36)16(11-14)23(28,29)30/h3-6,10-11,34H,8-9,12H2,1H3,(H,31,33). The third-order valence-electron chi connectivity index (χ3n) is 5.78. The summed E-state index contributed by atoms with van der Waals surface area (Å²) < 4.78 is 93.7. The van der Waals surface area contributed by atoms with E-state index < -0.39 is 68.9 Å². The van der Waals surface area contributed by atoms with E-state index in [0.29, 0.717) is 30.3 Å². The average Bonchev–Trinajstić information content (AvgIpc) is 3.52. The number of carbonyl (C=O) groups is 1. The number of amides is 1. The summed E-state index contributed by atoms with van der Waals surface area (Å²) in [6.07, 6.45) is -10.3. The Bertz CT molecular complexity index is 1270. The van der Waals surface area contributed by atoms with Gasteiger partial charge in [-0.3, -0.25) is 14.9 Å². The minimum Gasteiger partial charge on any atom is -0.369 e. The molecule has 3 rings (SSSR count). The number of carbonyl (C=O) groups excluding carboxylic acids is 1. The summed E-state index contributed by atoms with van der Waals surface area (Å²) in [6, 6.07) is 3.39. The number of aliphatic hydroxyl groups is 1. The van der Waals surface area contributed by atoms with Crippen molar-refractivity contribution in [3.8, 4) is 11.8 Å². The quantitative estimate of drug-likeness (QED) is 0.226. The van der Waals surface area contributed by atoms with Gasteiger partial charge in [-0.2, -0.15) is 26.3 Å². The summed E-state index contributed by atoms with van der Waals surface area (Å²) >= 11 is 0. The zero-order valence-corrected chi connectivity index (χ0v) is 18.4. The van der Waals surface area contributed by atoms with Crippen LogP contribution in [0.4, 0.5) is 42.1 Å². The molecule has 1 aliphatic carbocycles. The van der Waals surface area contributed by atoms with E-state index in [2.05, 4.69) is 11.8 Å². The minimum atomic E-state index is -5.14. The highest BCUT2D eigenvalue weighted by molar-refractivity contribution is 6.00. The molecule has 0 saturated heterocycles. The first-order chi connectivity index (χ1) is 16.5. The van der Waals surface area contributed by atoms with Gasteiger partial charge in [0.1, 0.15) is 11.4 Å². The van der Waals surface area contributed by atoms with E-state index in [1.165, 1.54) is 6.92 Å². The molecule has 2 aromatic rings. The van der Waals surface area contributed by atoms with Crippen LogP contribution >= 0.6 is 0 Å². The monoisotopic (exact) mass is 518 g/mol. The topological polar surface area (TPSA) is 92.5 Å². The number of hydrogen-bond donors (Lipinski definition) is 2. The van der Waals surface area contributed by atoms with Crippen LogP contribution in [-0.2, 0) is 22.6 Å². The lowest BCUT2D eigenvalue weighted by molar-refractivity contribution is -0.388. The molecule has 0 bridgehead atoms. The number of benzene rings is 2. The molecule has 1 amide bonds. The lowest BCUT2D eigenvalue weighted by Crippen LogP contribution is -2.44. The summed E-state index contributed by atoms with van der Waals surface area (Å²) in [5.41, 5.74) is -8.99. The normalized spacial score (nSPS) is 16.4. The molecule has 1 fully saturated rings. The highest BCUT2D eigenvalue weighted by Crippen LogP contribution is 2.55. The van der Waals surface area contributed by atoms with E-state index in [9.17, 15) is 50.7 Å². The Balaban J connectivity index is 1.95. The number of hydrogen-bond acceptors (Lipinski definition) is 4. The third kappa shape index (κ3) is 5.43. The van der Waals surface area contributed by atoms with Gasteiger partial charge in [0.05, 0.1) is 10.5 Å². The first-order valence-electron chi connectivity index (χ1n) is 10.2. The van der Waals surface area contributed by atoms with Crippen LogP contribution in [0.15, 0.2) is 36.4 Å². The Kier molecular flexibility index (Phi) is 6.80. The third-order valence-corrected chi connectivity index (χ3v) is 5.78. The van der Waals surface area contributed by atoms with Crippen LogP contribution in [0.5, 0.6) is 0 Å². The summed E-state index contributed by atoms with van der Waals surface area (Å²) in [4.78, 5) is 22.6. The molecule has 1 atom stereocenters. The molecule has 0 heterocycles. The fourth-order valence-corrected chi connectivity index (χ4v) is 3.91. The average molecular weight is 518 g/mol. The van der Waals surface area contributed by atoms with Gasteiger partial charge in [-0.05, 0) is 55.7 Å². The van der Waals surface area contributed by atoms with Crippen LogP contribution in [-0.4, -0.2) is 21.5 Å². The summed E-state index contributed by atoms with van der Waals surface area (Å²) in [5.74, 6) is 2.16. The van der Waals surface area contributed by atoms with Crippen LogP contribution in [0.25, 0.3) is 0 Å². The number of alkyl halides is 6. The van der Waals surface area contributed by atoms with Crippen molar-refractivity contribution in [1.29, 1.82) is 0 Å². The lowest BCUT2D eigenvalue weighted by atomic mass is 9.82. The smallest absolute Gasteiger partial charge is 0.369 e. The number of rotatable bonds is 6. The molecule has 1 aliphatic rings. The molecule has 0 radical (unpaired) electrons. The van der Waals surface area contributed by atoms with Gasteiger partial charge >= 0.3 is 12.4 Å². The highest BCUT2D eigenvalue weighted by Gasteiger charge is 2.54. The zero-order chi connectivity index (χ0) is 27.1. The second kappa shape index (κ2) is 9.09. The molecular weight excluding hydrogens is 501 g/mol. The van der Waals surface area contributed by atoms with Crippen LogP contribution in [0, 0.1) is 27.8 Å². The van der Waals surface area contributed by atoms with Crippen molar-refractivity contribution < 1.29 is 45.6 Å². The number of nitro groups is 1. The molecule has 0 aliphatic heterocycles. The number of anilines is 1. The molecule has 36 heavy (non-hydrogen) atoms. The maximum Gasteiger partial charge on any atom is 0.423 e. The van der Waals surface area contributed by atoms with E-state index in [0.717, 1.165) is 6.07 Å². The van der Waals surface area contributed by atoms with Gasteiger partial charge in [0.25, 0.3) is 11.6 Å². The van der Waals surface area contributed by atoms with Gasteiger partial charge in [-0.1, -0.05) is 5.92 Å². The molecule has 0 spiro atoms. The Hall–Kier alpha value is -3.66. The molecule has 1 unspecified atom stereocenters. The van der Waals surface area contributed by atoms with Crippen LogP contribution in [0.2, 0.25) is 0 Å². The molecular formula is C23H17F7N2O4. The Labute approximate surface area is 199 Å². The van der Waals surface area contributed by atoms with Gasteiger partial charge in [-0.15, -0.1) is 5.92 Å². The first kappa shape index (κ1) is 26.9. The summed E-state index contributed by atoms with van der Waals surface area (Å²) in [5, 5.41) is 23.9. The maximum absolute atomic E-state index is 14.5. The minimum absolute atomic E-state index is 0.113. The number of nitrogens with one attached hydrogen (secondary N) is 1. The molecule has 6 nitrogen and oxygen atoms in total. The fourth-order valence-electron chi connectivity index (χ4n) is 3.91. The van der Waals surface area contributed by atoms with Crippen LogP contribution in [0.1, 0.15) is 42.9 Å². The van der Waals surface area contributed by atoms with E-state index >= 15 is 0 Å². The highest BCUT2D eigenvalue weighted by atomic mass is 19.4. The molecule has 2 N–H and O–H groups in total. The van der Waals surface area contributed by atoms with Crippen molar-refractivity contribution in [3.05, 3.63) is 69.0 Å². The van der Waals surface area contributed by atoms with Gasteiger partial charge in [0.15, 0.2) is 0 Å². The van der Waals surface area contributed by atoms with E-state index in [4.69, 9.17) is 0 Å². The van der Waals surface area contributed by atoms with E-state index in [-0.39, 0.29) is 18.4 Å². The van der Waals surface area contributed by atoms with Crippen molar-refractivity contribution in [3.63, 3.8) is 0 Å². The molecule has 0 aromatic heterocycles. The molecule has 192 valence electrons. The Morgan fingerprint density at radius 2 is 1.75 bits per heavy atom. The first-order valence-corrected chi connectivity index (χ1v) is 10.2. The van der Waals surface area contributed by atoms with E-state index in [1.807, 2.05) is 5.32 Å². The van der Waals surface area contributed by atoms with Crippen molar-refractivity contribution in [2.75, 3.05) is 5.32 Å². The van der Waals surface area contributed by atoms with Gasteiger partial charge in [-0.25, -0.2) is 4.39 Å². The summed E-state index contributed by atoms with van der Waals surface area (Å²) in [7, 11) is 0. The maximum atomic E-state index is 14.5. The van der Waals surface area contributed by atoms with Gasteiger partial charge in [0, 0.05) is 23.6 Å². The largest absolute Gasteiger partial charge is 0.423 e. The molecule has 13 heteroatoms. The van der Waals surface area contributed by atoms with Crippen molar-refractivity contribution in [2.24, 2.45) is 0 Å². The number of halogens is 7. The Morgan fingerprint density at radius 3 is 2.25 bits per heavy atom.